The molecule has 0 radical (unpaired) electrons. The number of anilines is 1. The van der Waals surface area contributed by atoms with Gasteiger partial charge in [0.2, 0.25) is 0 Å². The molecule has 1 saturated heterocycles. The number of nitrogen functional groups attached to an aromatic ring is 1. The van der Waals surface area contributed by atoms with Gasteiger partial charge in [0, 0.05) is 12.1 Å². The van der Waals surface area contributed by atoms with Crippen molar-refractivity contribution < 1.29 is 4.74 Å². The number of fused-ring (bicyclic) bond motifs is 1. The van der Waals surface area contributed by atoms with Crippen LogP contribution < -0.4 is 11.5 Å². The maximum absolute atomic E-state index is 9.24. The van der Waals surface area contributed by atoms with E-state index in [2.05, 4.69) is 23.0 Å². The Labute approximate surface area is 129 Å². The Kier molecular flexibility index (Phi) is 4.64. The molecule has 3 rings (SSSR count). The van der Waals surface area contributed by atoms with Gasteiger partial charge in [-0.15, -0.1) is 0 Å². The Balaban J connectivity index is 0.000000847. The zero-order valence-corrected chi connectivity index (χ0v) is 13.3. The molecule has 0 amide bonds. The molecule has 0 aliphatic carbocycles. The summed E-state index contributed by atoms with van der Waals surface area (Å²) < 4.78 is 7.69. The molecule has 1 aliphatic rings. The third-order valence-corrected chi connectivity index (χ3v) is 4.06. The van der Waals surface area contributed by atoms with Crippen LogP contribution in [-0.4, -0.2) is 26.7 Å². The maximum Gasteiger partial charge on any atom is 0.151 e. The van der Waals surface area contributed by atoms with Crippen LogP contribution in [0.5, 0.6) is 0 Å². The summed E-state index contributed by atoms with van der Waals surface area (Å²) in [5.74, 6) is 0.514. The van der Waals surface area contributed by atoms with Crippen molar-refractivity contribution in [3.8, 4) is 6.07 Å². The topological polar surface area (TPSA) is 116 Å². The molecule has 1 aliphatic heterocycles. The molecule has 1 unspecified atom stereocenters. The molecule has 1 fully saturated rings. The molecule has 0 aromatic carbocycles. The molecule has 0 bridgehead atoms. The van der Waals surface area contributed by atoms with Crippen molar-refractivity contribution in [1.29, 1.82) is 5.26 Å². The Hall–Kier alpha value is -2.17. The first-order valence-corrected chi connectivity index (χ1v) is 7.46. The molecule has 7 nitrogen and oxygen atoms in total. The number of nitrogens with zero attached hydrogens (tertiary/aromatic N) is 4. The lowest BCUT2D eigenvalue weighted by Crippen LogP contribution is -2.32. The van der Waals surface area contributed by atoms with E-state index in [9.17, 15) is 5.26 Å². The summed E-state index contributed by atoms with van der Waals surface area (Å²) >= 11 is 0. The first kappa shape index (κ1) is 16.2. The molecule has 2 aromatic heterocycles. The van der Waals surface area contributed by atoms with Gasteiger partial charge >= 0.3 is 0 Å². The van der Waals surface area contributed by atoms with Gasteiger partial charge in [-0.25, -0.2) is 9.97 Å². The van der Waals surface area contributed by atoms with E-state index in [-0.39, 0.29) is 30.1 Å². The van der Waals surface area contributed by atoms with Crippen molar-refractivity contribution in [1.82, 2.24) is 14.5 Å². The molecule has 22 heavy (non-hydrogen) atoms. The molecule has 3 heterocycles. The van der Waals surface area contributed by atoms with Crippen LogP contribution in [0.25, 0.3) is 11.0 Å². The van der Waals surface area contributed by atoms with Crippen LogP contribution in [0.3, 0.4) is 0 Å². The van der Waals surface area contributed by atoms with Crippen molar-refractivity contribution in [3.63, 3.8) is 0 Å². The first-order valence-electron chi connectivity index (χ1n) is 7.46. The van der Waals surface area contributed by atoms with Crippen LogP contribution in [0.4, 0.5) is 5.82 Å². The molecular formula is C15H22N6O. The van der Waals surface area contributed by atoms with Crippen molar-refractivity contribution in [2.75, 3.05) is 5.73 Å². The summed E-state index contributed by atoms with van der Waals surface area (Å²) in [4.78, 5) is 8.16. The van der Waals surface area contributed by atoms with Crippen LogP contribution in [0.15, 0.2) is 12.5 Å². The predicted octanol–water partition coefficient (Wildman–Crippen LogP) is 1.79. The van der Waals surface area contributed by atoms with Gasteiger partial charge in [0.1, 0.15) is 23.9 Å². The highest BCUT2D eigenvalue weighted by molar-refractivity contribution is 5.91. The van der Waals surface area contributed by atoms with E-state index in [4.69, 9.17) is 16.2 Å². The largest absolute Gasteiger partial charge is 0.383 e. The lowest BCUT2D eigenvalue weighted by atomic mass is 10.00. The predicted molar refractivity (Wildman–Crippen MR) is 84.7 cm³/mol. The van der Waals surface area contributed by atoms with Crippen LogP contribution in [-0.2, 0) is 4.74 Å². The van der Waals surface area contributed by atoms with Gasteiger partial charge in [0.05, 0.1) is 23.1 Å². The summed E-state index contributed by atoms with van der Waals surface area (Å²) in [6.07, 6.45) is 2.77. The van der Waals surface area contributed by atoms with Gasteiger partial charge in [-0.1, -0.05) is 20.8 Å². The fourth-order valence-electron chi connectivity index (χ4n) is 2.65. The summed E-state index contributed by atoms with van der Waals surface area (Å²) in [6.45, 7) is 8.04. The molecule has 7 heteroatoms. The van der Waals surface area contributed by atoms with Crippen molar-refractivity contribution in [3.05, 3.63) is 18.1 Å². The lowest BCUT2D eigenvalue weighted by Gasteiger charge is -2.18. The first-order chi connectivity index (χ1) is 10.5. The second kappa shape index (κ2) is 6.30. The Morgan fingerprint density at radius 3 is 2.55 bits per heavy atom. The third kappa shape index (κ3) is 2.40. The smallest absolute Gasteiger partial charge is 0.151 e. The van der Waals surface area contributed by atoms with Gasteiger partial charge < -0.3 is 20.8 Å². The van der Waals surface area contributed by atoms with E-state index in [0.717, 1.165) is 0 Å². The van der Waals surface area contributed by atoms with Crippen LogP contribution in [0.2, 0.25) is 0 Å². The molecule has 4 N–H and O–H groups in total. The average molecular weight is 302 g/mol. The highest BCUT2D eigenvalue weighted by Crippen LogP contribution is 2.35. The summed E-state index contributed by atoms with van der Waals surface area (Å²) in [5, 5.41) is 9.79. The molecule has 4 atom stereocenters. The van der Waals surface area contributed by atoms with E-state index in [1.807, 2.05) is 20.8 Å². The van der Waals surface area contributed by atoms with E-state index in [0.29, 0.717) is 16.6 Å². The fraction of sp³-hybridized carbons (Fsp3) is 0.533. The standard InChI is InChI=1S/C13H16N6O.C2H6/c1-6-7(2)20-13(10(6)15)19-4-8(3-14)9-11(16)17-5-18-12(9)19;1-2/h4-7,10,13H,15H2,1-2H3,(H2,16,17,18);1-2H3/t6-,7?,10+,13-;/m1./s1. The SMILES string of the molecule is CC.CC1O[C@@H](n2cc(C#N)c3c(N)ncnc32)[C@@H](N)[C@@H]1C. The number of rotatable bonds is 1. The average Bonchev–Trinajstić information content (AvgIpc) is 3.03. The van der Waals surface area contributed by atoms with Gasteiger partial charge in [-0.05, 0) is 6.92 Å². The minimum Gasteiger partial charge on any atom is -0.383 e. The fourth-order valence-corrected chi connectivity index (χ4v) is 2.65. The zero-order valence-electron chi connectivity index (χ0n) is 13.3. The molecule has 0 saturated carbocycles. The monoisotopic (exact) mass is 302 g/mol. The minimum atomic E-state index is -0.348. The van der Waals surface area contributed by atoms with Crippen molar-refractivity contribution in [2.45, 2.75) is 46.1 Å². The van der Waals surface area contributed by atoms with E-state index in [1.54, 1.807) is 10.8 Å². The van der Waals surface area contributed by atoms with Gasteiger partial charge in [0.25, 0.3) is 0 Å². The van der Waals surface area contributed by atoms with Gasteiger partial charge in [-0.2, -0.15) is 5.26 Å². The normalized spacial score (nSPS) is 27.3. The van der Waals surface area contributed by atoms with Crippen LogP contribution in [0.1, 0.15) is 39.5 Å². The molecule has 2 aromatic rings. The van der Waals surface area contributed by atoms with E-state index >= 15 is 0 Å². The summed E-state index contributed by atoms with van der Waals surface area (Å²) in [6, 6.07) is 1.95. The quantitative estimate of drug-likeness (QED) is 0.829. The Morgan fingerprint density at radius 1 is 1.32 bits per heavy atom. The van der Waals surface area contributed by atoms with Crippen molar-refractivity contribution >= 4 is 16.9 Å². The molecule has 0 spiro atoms. The minimum absolute atomic E-state index is 0.0529. The zero-order chi connectivity index (χ0) is 16.4. The van der Waals surface area contributed by atoms with E-state index in [1.165, 1.54) is 6.33 Å². The number of hydrogen-bond donors (Lipinski definition) is 2. The molecular weight excluding hydrogens is 280 g/mol. The number of nitrogens with two attached hydrogens (primary N) is 2. The Morgan fingerprint density at radius 2 is 2.00 bits per heavy atom. The summed E-state index contributed by atoms with van der Waals surface area (Å²) in [5.41, 5.74) is 13.1. The van der Waals surface area contributed by atoms with Crippen LogP contribution >= 0.6 is 0 Å². The van der Waals surface area contributed by atoms with Gasteiger partial charge in [0.15, 0.2) is 6.23 Å². The number of hydrogen-bond acceptors (Lipinski definition) is 6. The molecule has 118 valence electrons. The second-order valence-electron chi connectivity index (χ2n) is 5.19. The van der Waals surface area contributed by atoms with E-state index < -0.39 is 0 Å². The third-order valence-electron chi connectivity index (χ3n) is 4.06. The highest BCUT2D eigenvalue weighted by atomic mass is 16.5. The van der Waals surface area contributed by atoms with Crippen LogP contribution in [0, 0.1) is 17.2 Å². The summed E-state index contributed by atoms with van der Waals surface area (Å²) in [7, 11) is 0. The Bertz CT molecular complexity index is 704. The maximum atomic E-state index is 9.24. The van der Waals surface area contributed by atoms with Gasteiger partial charge in [-0.3, -0.25) is 0 Å². The second-order valence-corrected chi connectivity index (χ2v) is 5.19. The number of ether oxygens (including phenoxy) is 1. The number of aromatic nitrogens is 3. The highest BCUT2D eigenvalue weighted by Gasteiger charge is 2.39. The number of nitriles is 1. The van der Waals surface area contributed by atoms with Crippen molar-refractivity contribution in [2.24, 2.45) is 11.7 Å². The lowest BCUT2D eigenvalue weighted by molar-refractivity contribution is 0.00448.